The Labute approximate surface area is 106 Å². The number of halogens is 3. The van der Waals surface area contributed by atoms with Crippen molar-refractivity contribution in [2.24, 2.45) is 0 Å². The summed E-state index contributed by atoms with van der Waals surface area (Å²) in [4.78, 5) is 10.6. The van der Waals surface area contributed by atoms with Crippen molar-refractivity contribution in [1.29, 1.82) is 0 Å². The van der Waals surface area contributed by atoms with E-state index in [1.807, 2.05) is 0 Å². The first-order chi connectivity index (χ1) is 8.77. The van der Waals surface area contributed by atoms with Crippen LogP contribution in [0.1, 0.15) is 23.6 Å². The summed E-state index contributed by atoms with van der Waals surface area (Å²) in [7, 11) is 0. The van der Waals surface area contributed by atoms with Crippen molar-refractivity contribution in [2.75, 3.05) is 6.61 Å². The quantitative estimate of drug-likeness (QED) is 0.584. The molecule has 1 aromatic rings. The van der Waals surface area contributed by atoms with E-state index in [1.54, 1.807) is 0 Å². The molecule has 5 nitrogen and oxygen atoms in total. The molecule has 0 spiro atoms. The fourth-order valence-electron chi connectivity index (χ4n) is 1.58. The number of aliphatic hydroxyl groups excluding tert-OH is 1. The molecule has 1 amide bonds. The molecule has 106 valence electrons. The normalized spacial score (nSPS) is 13.1. The van der Waals surface area contributed by atoms with Gasteiger partial charge in [-0.25, -0.2) is 4.79 Å². The average Bonchev–Trinajstić information content (AvgIpc) is 2.34. The molecule has 0 fully saturated rings. The fraction of sp³-hybridized carbons (Fsp3) is 0.364. The first-order valence-electron chi connectivity index (χ1n) is 5.26. The molecule has 1 atom stereocenters. The number of hydrogen-bond donors (Lipinski definition) is 3. The standard InChI is InChI=1S/C11H12F3NO4/c12-11(13,14)8-3-1-7(2-4-8)9(5-6-16)15(19)10(17)18/h1-4,9,16,19H,5-6H2,(H,17,18). The molecule has 0 saturated heterocycles. The van der Waals surface area contributed by atoms with E-state index in [9.17, 15) is 23.2 Å². The van der Waals surface area contributed by atoms with Crippen LogP contribution < -0.4 is 0 Å². The van der Waals surface area contributed by atoms with E-state index < -0.39 is 30.5 Å². The van der Waals surface area contributed by atoms with E-state index in [0.717, 1.165) is 24.3 Å². The van der Waals surface area contributed by atoms with Crippen molar-refractivity contribution >= 4 is 6.09 Å². The first kappa shape index (κ1) is 15.3. The molecule has 0 aromatic heterocycles. The minimum Gasteiger partial charge on any atom is -0.463 e. The highest BCUT2D eigenvalue weighted by Crippen LogP contribution is 2.31. The van der Waals surface area contributed by atoms with Crippen molar-refractivity contribution in [1.82, 2.24) is 5.06 Å². The highest BCUT2D eigenvalue weighted by atomic mass is 19.4. The number of carbonyl (C=O) groups is 1. The molecule has 0 aliphatic carbocycles. The number of aliphatic hydroxyl groups is 1. The van der Waals surface area contributed by atoms with Crippen LogP contribution in [-0.4, -0.2) is 33.2 Å². The molecule has 19 heavy (non-hydrogen) atoms. The Hall–Kier alpha value is -1.80. The summed E-state index contributed by atoms with van der Waals surface area (Å²) >= 11 is 0. The third-order valence-electron chi connectivity index (χ3n) is 2.52. The lowest BCUT2D eigenvalue weighted by molar-refractivity contribution is -0.137. The fourth-order valence-corrected chi connectivity index (χ4v) is 1.58. The van der Waals surface area contributed by atoms with Gasteiger partial charge in [-0.2, -0.15) is 18.2 Å². The second-order valence-corrected chi connectivity index (χ2v) is 3.77. The van der Waals surface area contributed by atoms with Gasteiger partial charge in [0.25, 0.3) is 0 Å². The molecule has 0 aliphatic heterocycles. The van der Waals surface area contributed by atoms with Crippen LogP contribution in [0.3, 0.4) is 0 Å². The van der Waals surface area contributed by atoms with Crippen molar-refractivity contribution in [3.05, 3.63) is 35.4 Å². The molecule has 0 saturated carbocycles. The predicted octanol–water partition coefficient (Wildman–Crippen LogP) is 2.50. The molecular weight excluding hydrogens is 267 g/mol. The van der Waals surface area contributed by atoms with E-state index >= 15 is 0 Å². The number of hydrogen-bond acceptors (Lipinski definition) is 3. The number of amides is 1. The second kappa shape index (κ2) is 5.89. The SMILES string of the molecule is O=C(O)N(O)C(CCO)c1ccc(C(F)(F)F)cc1. The summed E-state index contributed by atoms with van der Waals surface area (Å²) in [5.41, 5.74) is -0.717. The van der Waals surface area contributed by atoms with Gasteiger partial charge in [0.05, 0.1) is 11.6 Å². The van der Waals surface area contributed by atoms with Crippen molar-refractivity contribution < 1.29 is 33.4 Å². The Kier molecular flexibility index (Phi) is 4.73. The van der Waals surface area contributed by atoms with Gasteiger partial charge in [-0.15, -0.1) is 0 Å². The number of nitrogens with zero attached hydrogens (tertiary/aromatic N) is 1. The van der Waals surface area contributed by atoms with Crippen LogP contribution in [0.15, 0.2) is 24.3 Å². The molecular formula is C11H12F3NO4. The molecule has 8 heteroatoms. The Morgan fingerprint density at radius 3 is 2.16 bits per heavy atom. The lowest BCUT2D eigenvalue weighted by Gasteiger charge is -2.23. The molecule has 1 unspecified atom stereocenters. The summed E-state index contributed by atoms with van der Waals surface area (Å²) < 4.78 is 37.1. The minimum atomic E-state index is -4.49. The van der Waals surface area contributed by atoms with Gasteiger partial charge in [0, 0.05) is 6.61 Å². The van der Waals surface area contributed by atoms with Gasteiger partial charge in [-0.3, -0.25) is 5.21 Å². The van der Waals surface area contributed by atoms with E-state index in [2.05, 4.69) is 0 Å². The van der Waals surface area contributed by atoms with Gasteiger partial charge in [-0.1, -0.05) is 12.1 Å². The van der Waals surface area contributed by atoms with Crippen LogP contribution >= 0.6 is 0 Å². The Morgan fingerprint density at radius 2 is 1.79 bits per heavy atom. The summed E-state index contributed by atoms with van der Waals surface area (Å²) in [5, 5.41) is 26.7. The van der Waals surface area contributed by atoms with E-state index in [-0.39, 0.29) is 17.0 Å². The molecule has 0 bridgehead atoms. The number of alkyl halides is 3. The van der Waals surface area contributed by atoms with Crippen molar-refractivity contribution in [2.45, 2.75) is 18.6 Å². The molecule has 0 heterocycles. The highest BCUT2D eigenvalue weighted by Gasteiger charge is 2.31. The van der Waals surface area contributed by atoms with Crippen LogP contribution in [0.5, 0.6) is 0 Å². The highest BCUT2D eigenvalue weighted by molar-refractivity contribution is 5.64. The monoisotopic (exact) mass is 279 g/mol. The molecule has 0 aliphatic rings. The van der Waals surface area contributed by atoms with Crippen molar-refractivity contribution in [3.63, 3.8) is 0 Å². The molecule has 1 rings (SSSR count). The van der Waals surface area contributed by atoms with Gasteiger partial charge < -0.3 is 10.2 Å². The Bertz CT molecular complexity index is 433. The summed E-state index contributed by atoms with van der Waals surface area (Å²) in [6.07, 6.45) is -6.27. The zero-order valence-electron chi connectivity index (χ0n) is 9.63. The third kappa shape index (κ3) is 3.83. The van der Waals surface area contributed by atoms with Crippen LogP contribution in [0.2, 0.25) is 0 Å². The average molecular weight is 279 g/mol. The lowest BCUT2D eigenvalue weighted by atomic mass is 10.0. The second-order valence-electron chi connectivity index (χ2n) is 3.77. The first-order valence-corrected chi connectivity index (χ1v) is 5.26. The molecule has 1 aromatic carbocycles. The summed E-state index contributed by atoms with van der Waals surface area (Å²) in [6.45, 7) is -0.421. The third-order valence-corrected chi connectivity index (χ3v) is 2.52. The number of rotatable bonds is 4. The van der Waals surface area contributed by atoms with Gasteiger partial charge in [0.1, 0.15) is 0 Å². The lowest BCUT2D eigenvalue weighted by Crippen LogP contribution is -2.31. The van der Waals surface area contributed by atoms with Crippen LogP contribution in [0.25, 0.3) is 0 Å². The minimum absolute atomic E-state index is 0.0428. The largest absolute Gasteiger partial charge is 0.463 e. The number of carboxylic acid groups (broad SMARTS) is 1. The maximum Gasteiger partial charge on any atom is 0.431 e. The van der Waals surface area contributed by atoms with E-state index in [4.69, 9.17) is 10.2 Å². The summed E-state index contributed by atoms with van der Waals surface area (Å²) in [6, 6.07) is 2.58. The maximum atomic E-state index is 12.4. The molecule has 3 N–H and O–H groups in total. The van der Waals surface area contributed by atoms with Crippen LogP contribution in [0, 0.1) is 0 Å². The smallest absolute Gasteiger partial charge is 0.431 e. The van der Waals surface area contributed by atoms with Gasteiger partial charge in [0.15, 0.2) is 0 Å². The van der Waals surface area contributed by atoms with Crippen LogP contribution in [-0.2, 0) is 6.18 Å². The van der Waals surface area contributed by atoms with Gasteiger partial charge in [0.2, 0.25) is 0 Å². The maximum absolute atomic E-state index is 12.4. The Balaban J connectivity index is 3.01. The van der Waals surface area contributed by atoms with E-state index in [1.165, 1.54) is 0 Å². The van der Waals surface area contributed by atoms with Crippen molar-refractivity contribution in [3.8, 4) is 0 Å². The Morgan fingerprint density at radius 1 is 1.26 bits per heavy atom. The molecule has 0 radical (unpaired) electrons. The van der Waals surface area contributed by atoms with E-state index in [0.29, 0.717) is 0 Å². The summed E-state index contributed by atoms with van der Waals surface area (Å²) in [5.74, 6) is 0. The van der Waals surface area contributed by atoms with Crippen LogP contribution in [0.4, 0.5) is 18.0 Å². The predicted molar refractivity (Wildman–Crippen MR) is 57.5 cm³/mol. The van der Waals surface area contributed by atoms with Gasteiger partial charge in [-0.05, 0) is 24.1 Å². The number of hydroxylamine groups is 2. The zero-order valence-corrected chi connectivity index (χ0v) is 9.63. The zero-order chi connectivity index (χ0) is 14.6. The topological polar surface area (TPSA) is 81.0 Å². The van der Waals surface area contributed by atoms with Gasteiger partial charge >= 0.3 is 12.3 Å². The number of benzene rings is 1.